The van der Waals surface area contributed by atoms with Crippen molar-refractivity contribution in [1.82, 2.24) is 35.2 Å². The van der Waals surface area contributed by atoms with Gasteiger partial charge in [0.05, 0.1) is 25.8 Å². The van der Waals surface area contributed by atoms with Crippen LogP contribution in [0.5, 0.6) is 11.8 Å². The number of pyridine rings is 1. The fourth-order valence-corrected chi connectivity index (χ4v) is 4.62. The van der Waals surface area contributed by atoms with Crippen molar-refractivity contribution in [2.45, 2.75) is 37.4 Å². The van der Waals surface area contributed by atoms with Gasteiger partial charge < -0.3 is 14.8 Å². The van der Waals surface area contributed by atoms with Crippen LogP contribution in [-0.4, -0.2) is 73.9 Å². The zero-order valence-corrected chi connectivity index (χ0v) is 25.0. The first-order valence-corrected chi connectivity index (χ1v) is 13.8. The minimum absolute atomic E-state index is 0.0101. The van der Waals surface area contributed by atoms with Crippen LogP contribution in [0, 0.1) is 0 Å². The fourth-order valence-electron chi connectivity index (χ4n) is 2.70. The first-order chi connectivity index (χ1) is 19.4. The van der Waals surface area contributed by atoms with E-state index >= 15 is 0 Å². The molecule has 0 atom stereocenters. The van der Waals surface area contributed by atoms with E-state index in [1.54, 1.807) is 14.1 Å². The smallest absolute Gasteiger partial charge is 0.419 e. The molecule has 3 aromatic rings. The van der Waals surface area contributed by atoms with Crippen molar-refractivity contribution in [3.05, 3.63) is 35.0 Å². The number of methoxy groups -OCH3 is 2. The number of anilines is 2. The van der Waals surface area contributed by atoms with E-state index in [2.05, 4.69) is 51.2 Å². The van der Waals surface area contributed by atoms with E-state index < -0.39 is 38.8 Å². The normalized spacial score (nSPS) is 11.5. The highest BCUT2D eigenvalue weighted by atomic mass is 32.2. The van der Waals surface area contributed by atoms with Gasteiger partial charge in [-0.25, -0.2) is 19.3 Å². The lowest BCUT2D eigenvalue weighted by atomic mass is 9.98. The second-order valence-corrected chi connectivity index (χ2v) is 11.5. The molecular weight excluding hydrogens is 607 g/mol. The number of carbonyl (C=O) groups is 2. The maximum Gasteiger partial charge on any atom is 0.419 e. The zero-order valence-electron chi connectivity index (χ0n) is 23.4. The van der Waals surface area contributed by atoms with Crippen LogP contribution in [0.1, 0.15) is 31.3 Å². The topological polar surface area (TPSA) is 191 Å². The summed E-state index contributed by atoms with van der Waals surface area (Å²) in [4.78, 5) is 35.3. The minimum Gasteiger partial charge on any atom is -0.481 e. The van der Waals surface area contributed by atoms with Crippen molar-refractivity contribution >= 4 is 44.5 Å². The summed E-state index contributed by atoms with van der Waals surface area (Å²) in [6.45, 7) is 6.20. The third kappa shape index (κ3) is 9.09. The lowest BCUT2D eigenvalue weighted by molar-refractivity contribution is -0.140. The van der Waals surface area contributed by atoms with E-state index in [-0.39, 0.29) is 23.2 Å². The molecule has 3 rings (SSSR count). The summed E-state index contributed by atoms with van der Waals surface area (Å²) >= 11 is 1.43. The molecule has 0 radical (unpaired) electrons. The first kappa shape index (κ1) is 33.9. The van der Waals surface area contributed by atoms with E-state index in [4.69, 9.17) is 9.47 Å². The maximum atomic E-state index is 12.9. The lowest BCUT2D eigenvalue weighted by Gasteiger charge is -2.13. The molecule has 15 nitrogen and oxygen atoms in total. The van der Waals surface area contributed by atoms with Crippen molar-refractivity contribution in [2.24, 2.45) is 0 Å². The van der Waals surface area contributed by atoms with Gasteiger partial charge in [-0.05, 0) is 12.1 Å². The van der Waals surface area contributed by atoms with Crippen molar-refractivity contribution < 1.29 is 40.7 Å². The summed E-state index contributed by atoms with van der Waals surface area (Å²) in [5.41, 5.74) is -1.55. The Morgan fingerprint density at radius 1 is 1.05 bits per heavy atom. The molecule has 0 saturated heterocycles. The summed E-state index contributed by atoms with van der Waals surface area (Å²) in [7, 11) is 0.872. The van der Waals surface area contributed by atoms with Crippen LogP contribution in [0.2, 0.25) is 0 Å². The minimum atomic E-state index is -4.99. The number of nitrogens with one attached hydrogen (secondary N) is 3. The summed E-state index contributed by atoms with van der Waals surface area (Å²) in [6.07, 6.45) is -4.14. The predicted molar refractivity (Wildman–Crippen MR) is 145 cm³/mol. The molecule has 0 aromatic carbocycles. The number of urea groups is 2. The number of alkyl halides is 3. The third-order valence-corrected chi connectivity index (χ3v) is 7.46. The van der Waals surface area contributed by atoms with Gasteiger partial charge in [-0.1, -0.05) is 32.1 Å². The Balaban J connectivity index is 0.000000347. The number of sulfonamides is 1. The number of aromatic nitrogens is 5. The molecule has 3 N–H and O–H groups in total. The van der Waals surface area contributed by atoms with Gasteiger partial charge in [0.1, 0.15) is 5.01 Å². The fraction of sp³-hybridized carbons (Fsp3) is 0.409. The maximum absolute atomic E-state index is 12.9. The summed E-state index contributed by atoms with van der Waals surface area (Å²) in [5.74, 6) is -0.427. The average molecular weight is 636 g/mol. The molecule has 0 fully saturated rings. The zero-order chi connectivity index (χ0) is 31.9. The quantitative estimate of drug-likeness (QED) is 0.361. The molecule has 0 aliphatic heterocycles. The molecule has 3 heterocycles. The number of halogens is 3. The van der Waals surface area contributed by atoms with Gasteiger partial charge in [0.25, 0.3) is 10.0 Å². The van der Waals surface area contributed by atoms with E-state index in [0.29, 0.717) is 11.2 Å². The molecule has 0 bridgehead atoms. The van der Waals surface area contributed by atoms with E-state index in [9.17, 15) is 31.2 Å². The second-order valence-electron chi connectivity index (χ2n) is 8.94. The molecule has 4 amide bonds. The van der Waals surface area contributed by atoms with Gasteiger partial charge in [-0.2, -0.15) is 31.6 Å². The largest absolute Gasteiger partial charge is 0.481 e. The van der Waals surface area contributed by atoms with Crippen LogP contribution >= 0.6 is 11.3 Å². The second kappa shape index (κ2) is 13.6. The Kier molecular flexibility index (Phi) is 10.9. The molecule has 0 saturated carbocycles. The van der Waals surface area contributed by atoms with E-state index in [0.717, 1.165) is 17.3 Å². The molecular formula is C22H28F3N9O6S2. The summed E-state index contributed by atoms with van der Waals surface area (Å²) in [5, 5.41) is 12.7. The number of rotatable bonds is 6. The van der Waals surface area contributed by atoms with Gasteiger partial charge in [0, 0.05) is 25.7 Å². The molecule has 0 aliphatic rings. The highest BCUT2D eigenvalue weighted by molar-refractivity contribution is 7.90. The Morgan fingerprint density at radius 2 is 1.64 bits per heavy atom. The molecule has 20 heteroatoms. The van der Waals surface area contributed by atoms with Crippen LogP contribution in [-0.2, 0) is 21.6 Å². The number of hydrogen-bond acceptors (Lipinski definition) is 12. The van der Waals surface area contributed by atoms with Crippen molar-refractivity contribution in [2.75, 3.05) is 38.5 Å². The van der Waals surface area contributed by atoms with Gasteiger partial charge in [-0.3, -0.25) is 10.2 Å². The van der Waals surface area contributed by atoms with Crippen LogP contribution in [0.4, 0.5) is 33.8 Å². The van der Waals surface area contributed by atoms with E-state index in [1.165, 1.54) is 41.2 Å². The Morgan fingerprint density at radius 3 is 2.12 bits per heavy atom. The summed E-state index contributed by atoms with van der Waals surface area (Å²) < 4.78 is 74.2. The monoisotopic (exact) mass is 635 g/mol. The van der Waals surface area contributed by atoms with Gasteiger partial charge in [0.15, 0.2) is 5.03 Å². The molecule has 3 aromatic heterocycles. The van der Waals surface area contributed by atoms with Crippen LogP contribution in [0.25, 0.3) is 0 Å². The number of amides is 4. The molecule has 230 valence electrons. The number of nitrogens with zero attached hydrogens (tertiary/aromatic N) is 6. The number of hydrogen-bond donors (Lipinski definition) is 3. The van der Waals surface area contributed by atoms with Crippen LogP contribution < -0.4 is 29.7 Å². The Labute approximate surface area is 242 Å². The van der Waals surface area contributed by atoms with Gasteiger partial charge in [-0.15, -0.1) is 10.2 Å². The molecule has 0 aliphatic carbocycles. The van der Waals surface area contributed by atoms with Crippen LogP contribution in [0.15, 0.2) is 29.4 Å². The molecule has 0 unspecified atom stereocenters. The number of ether oxygens (including phenoxy) is 2. The van der Waals surface area contributed by atoms with Gasteiger partial charge in [0.2, 0.25) is 22.8 Å². The molecule has 42 heavy (non-hydrogen) atoms. The van der Waals surface area contributed by atoms with Crippen molar-refractivity contribution in [3.8, 4) is 11.8 Å². The van der Waals surface area contributed by atoms with E-state index in [1.807, 2.05) is 5.32 Å². The van der Waals surface area contributed by atoms with Crippen LogP contribution in [0.3, 0.4) is 0 Å². The highest BCUT2D eigenvalue weighted by Gasteiger charge is 2.38. The van der Waals surface area contributed by atoms with Gasteiger partial charge >= 0.3 is 18.2 Å². The van der Waals surface area contributed by atoms with Crippen molar-refractivity contribution in [1.29, 1.82) is 0 Å². The SMILES string of the molecule is CNC(=O)N(C)c1nnc(C(C)(C)C)s1.COc1cc(OC)nc(NC(=O)NS(=O)(=O)c2ncccc2C(F)(F)F)n1. The predicted octanol–water partition coefficient (Wildman–Crippen LogP) is 3.03. The Bertz CT molecular complexity index is 1490. The Hall–Kier alpha value is -4.33. The van der Waals surface area contributed by atoms with Crippen molar-refractivity contribution in [3.63, 3.8) is 0 Å². The third-order valence-electron chi connectivity index (χ3n) is 4.74. The average Bonchev–Trinajstić information content (AvgIpc) is 3.42. The molecule has 0 spiro atoms. The first-order valence-electron chi connectivity index (χ1n) is 11.6. The number of carbonyl (C=O) groups excluding carboxylic acids is 2. The standard InChI is InChI=1S/C13H12F3N5O5S.C9H16N4OS/c1-25-8-6-9(26-2)19-11(18-8)20-12(22)21-27(23,24)10-7(13(14,15)16)4-3-5-17-10;1-9(2,3)6-11-12-8(15-6)13(5)7(14)10-4/h3-6H,1-2H3,(H2,18,19,20,21,22);1-5H3,(H,10,14). The highest BCUT2D eigenvalue weighted by Crippen LogP contribution is 2.33. The lowest BCUT2D eigenvalue weighted by Crippen LogP contribution is -2.36. The summed E-state index contributed by atoms with van der Waals surface area (Å²) in [6, 6.07) is 1.12.